The van der Waals surface area contributed by atoms with E-state index in [-0.39, 0.29) is 5.57 Å². The molecule has 1 rings (SSSR count). The first kappa shape index (κ1) is 13.0. The monoisotopic (exact) mass is 237 g/mol. The van der Waals surface area contributed by atoms with Gasteiger partial charge in [-0.1, -0.05) is 0 Å². The maximum atomic E-state index is 11.7. The molecule has 1 fully saturated rings. The Balaban J connectivity index is 3.02. The number of allylic oxidation sites excluding steroid dienone is 2. The standard InChI is InChI=1S/C11H15N3O3/c1-12(2)7-5-6-8-9(15)13(3)11(17)14(4)10(8)16/h5-7H,1-4H3. The van der Waals surface area contributed by atoms with E-state index >= 15 is 0 Å². The zero-order chi connectivity index (χ0) is 13.2. The predicted molar refractivity (Wildman–Crippen MR) is 61.8 cm³/mol. The SMILES string of the molecule is CN(C)C=CC=C1C(=O)N(C)C(=O)N(C)C1=O. The molecule has 0 atom stereocenters. The van der Waals surface area contributed by atoms with Crippen molar-refractivity contribution in [1.29, 1.82) is 0 Å². The summed E-state index contributed by atoms with van der Waals surface area (Å²) in [5.74, 6) is -1.16. The molecule has 6 heteroatoms. The molecule has 17 heavy (non-hydrogen) atoms. The molecular formula is C11H15N3O3. The molecule has 1 heterocycles. The van der Waals surface area contributed by atoms with Gasteiger partial charge in [0.05, 0.1) is 0 Å². The number of carbonyl (C=O) groups excluding carboxylic acids is 3. The molecule has 92 valence electrons. The van der Waals surface area contributed by atoms with E-state index in [0.717, 1.165) is 9.80 Å². The van der Waals surface area contributed by atoms with E-state index in [1.807, 2.05) is 14.1 Å². The normalized spacial score (nSPS) is 17.2. The molecule has 1 aliphatic heterocycles. The van der Waals surface area contributed by atoms with Gasteiger partial charge in [-0.15, -0.1) is 0 Å². The minimum atomic E-state index is -0.617. The van der Waals surface area contributed by atoms with E-state index in [0.29, 0.717) is 0 Å². The average molecular weight is 237 g/mol. The number of hydrogen-bond donors (Lipinski definition) is 0. The number of amides is 4. The van der Waals surface area contributed by atoms with E-state index < -0.39 is 17.8 Å². The molecule has 1 saturated heterocycles. The van der Waals surface area contributed by atoms with E-state index in [1.54, 1.807) is 17.2 Å². The van der Waals surface area contributed by atoms with Crippen LogP contribution < -0.4 is 0 Å². The first-order valence-electron chi connectivity index (χ1n) is 5.01. The first-order chi connectivity index (χ1) is 7.86. The highest BCUT2D eigenvalue weighted by molar-refractivity contribution is 6.28. The number of imide groups is 2. The lowest BCUT2D eigenvalue weighted by Crippen LogP contribution is -2.52. The summed E-state index contributed by atoms with van der Waals surface area (Å²) in [5, 5.41) is 0. The van der Waals surface area contributed by atoms with Gasteiger partial charge in [0.2, 0.25) is 0 Å². The van der Waals surface area contributed by atoms with Gasteiger partial charge in [0, 0.05) is 28.2 Å². The lowest BCUT2D eigenvalue weighted by Gasteiger charge is -2.28. The summed E-state index contributed by atoms with van der Waals surface area (Å²) >= 11 is 0. The summed E-state index contributed by atoms with van der Waals surface area (Å²) in [6.07, 6.45) is 4.69. The molecule has 0 radical (unpaired) electrons. The topological polar surface area (TPSA) is 60.9 Å². The van der Waals surface area contributed by atoms with Crippen LogP contribution in [0.3, 0.4) is 0 Å². The van der Waals surface area contributed by atoms with E-state index in [1.165, 1.54) is 20.2 Å². The highest BCUT2D eigenvalue weighted by Gasteiger charge is 2.37. The lowest BCUT2D eigenvalue weighted by atomic mass is 10.1. The van der Waals surface area contributed by atoms with Gasteiger partial charge in [-0.2, -0.15) is 0 Å². The Morgan fingerprint density at radius 3 is 1.88 bits per heavy atom. The second-order valence-corrected chi connectivity index (χ2v) is 3.90. The van der Waals surface area contributed by atoms with E-state index in [9.17, 15) is 14.4 Å². The van der Waals surface area contributed by atoms with Gasteiger partial charge in [0.1, 0.15) is 5.57 Å². The molecule has 0 aromatic carbocycles. The van der Waals surface area contributed by atoms with Gasteiger partial charge in [-0.3, -0.25) is 19.4 Å². The van der Waals surface area contributed by atoms with Crippen molar-refractivity contribution in [3.8, 4) is 0 Å². The first-order valence-corrected chi connectivity index (χ1v) is 5.01. The maximum Gasteiger partial charge on any atom is 0.333 e. The van der Waals surface area contributed by atoms with E-state index in [2.05, 4.69) is 0 Å². The number of likely N-dealkylation sites (N-methyl/N-ethyl adjacent to an activating group) is 2. The number of rotatable bonds is 2. The van der Waals surface area contributed by atoms with Gasteiger partial charge in [0.25, 0.3) is 11.8 Å². The fraction of sp³-hybridized carbons (Fsp3) is 0.364. The third-order valence-electron chi connectivity index (χ3n) is 2.29. The van der Waals surface area contributed by atoms with Crippen LogP contribution in [0.5, 0.6) is 0 Å². The van der Waals surface area contributed by atoms with Crippen molar-refractivity contribution in [2.75, 3.05) is 28.2 Å². The van der Waals surface area contributed by atoms with Crippen LogP contribution in [0.4, 0.5) is 4.79 Å². The molecule has 4 amide bonds. The highest BCUT2D eigenvalue weighted by atomic mass is 16.2. The number of barbiturate groups is 1. The number of hydrogen-bond acceptors (Lipinski definition) is 4. The van der Waals surface area contributed by atoms with Gasteiger partial charge in [-0.05, 0) is 18.4 Å². The number of carbonyl (C=O) groups is 3. The number of urea groups is 1. The molecule has 1 aliphatic rings. The van der Waals surface area contributed by atoms with Crippen molar-refractivity contribution in [3.05, 3.63) is 23.9 Å². The van der Waals surface area contributed by atoms with Crippen LogP contribution in [0.2, 0.25) is 0 Å². The van der Waals surface area contributed by atoms with Gasteiger partial charge < -0.3 is 4.90 Å². The molecule has 0 N–H and O–H groups in total. The Kier molecular flexibility index (Phi) is 3.67. The number of nitrogens with zero attached hydrogens (tertiary/aromatic N) is 3. The van der Waals surface area contributed by atoms with Crippen LogP contribution in [0.1, 0.15) is 0 Å². The summed E-state index contributed by atoms with van der Waals surface area (Å²) in [5.41, 5.74) is -0.0206. The maximum absolute atomic E-state index is 11.7. The molecule has 0 unspecified atom stereocenters. The summed E-state index contributed by atoms with van der Waals surface area (Å²) in [4.78, 5) is 38.4. The van der Waals surface area contributed by atoms with Crippen LogP contribution in [0.25, 0.3) is 0 Å². The zero-order valence-electron chi connectivity index (χ0n) is 10.3. The smallest absolute Gasteiger partial charge is 0.333 e. The fourth-order valence-corrected chi connectivity index (χ4v) is 1.31. The Hall–Kier alpha value is -2.11. The van der Waals surface area contributed by atoms with Gasteiger partial charge >= 0.3 is 6.03 Å². The molecule has 0 aromatic rings. The molecular weight excluding hydrogens is 222 g/mol. The van der Waals surface area contributed by atoms with Crippen LogP contribution in [0.15, 0.2) is 23.9 Å². The minimum absolute atomic E-state index is 0.0206. The minimum Gasteiger partial charge on any atom is -0.383 e. The zero-order valence-corrected chi connectivity index (χ0v) is 10.3. The molecule has 0 aliphatic carbocycles. The fourth-order valence-electron chi connectivity index (χ4n) is 1.31. The Bertz CT molecular complexity index is 398. The van der Waals surface area contributed by atoms with Crippen molar-refractivity contribution in [1.82, 2.24) is 14.7 Å². The van der Waals surface area contributed by atoms with Gasteiger partial charge in [0.15, 0.2) is 0 Å². The van der Waals surface area contributed by atoms with Crippen molar-refractivity contribution >= 4 is 17.8 Å². The quantitative estimate of drug-likeness (QED) is 0.502. The third kappa shape index (κ3) is 2.52. The Labute approximate surface area is 99.8 Å². The van der Waals surface area contributed by atoms with Crippen molar-refractivity contribution in [2.24, 2.45) is 0 Å². The summed E-state index contributed by atoms with van der Waals surface area (Å²) in [6, 6.07) is -0.617. The predicted octanol–water partition coefficient (Wildman–Crippen LogP) is 0.0385. The molecule has 0 spiro atoms. The molecule has 0 aromatic heterocycles. The van der Waals surface area contributed by atoms with Crippen molar-refractivity contribution < 1.29 is 14.4 Å². The third-order valence-corrected chi connectivity index (χ3v) is 2.29. The summed E-state index contributed by atoms with van der Waals surface area (Å²) < 4.78 is 0. The molecule has 0 bridgehead atoms. The van der Waals surface area contributed by atoms with Crippen molar-refractivity contribution in [2.45, 2.75) is 0 Å². The lowest BCUT2D eigenvalue weighted by molar-refractivity contribution is -0.134. The second-order valence-electron chi connectivity index (χ2n) is 3.90. The Morgan fingerprint density at radius 1 is 1.00 bits per heavy atom. The van der Waals surface area contributed by atoms with Crippen LogP contribution in [0, 0.1) is 0 Å². The average Bonchev–Trinajstić information content (AvgIpc) is 2.28. The largest absolute Gasteiger partial charge is 0.383 e. The second kappa shape index (κ2) is 4.82. The van der Waals surface area contributed by atoms with Crippen LogP contribution in [-0.4, -0.2) is 60.7 Å². The van der Waals surface area contributed by atoms with Crippen molar-refractivity contribution in [3.63, 3.8) is 0 Å². The van der Waals surface area contributed by atoms with Gasteiger partial charge in [-0.25, -0.2) is 4.79 Å². The summed E-state index contributed by atoms with van der Waals surface area (Å²) in [7, 11) is 6.33. The molecule has 0 saturated carbocycles. The van der Waals surface area contributed by atoms with Crippen LogP contribution >= 0.6 is 0 Å². The summed E-state index contributed by atoms with van der Waals surface area (Å²) in [6.45, 7) is 0. The van der Waals surface area contributed by atoms with Crippen LogP contribution in [-0.2, 0) is 9.59 Å². The van der Waals surface area contributed by atoms with E-state index in [4.69, 9.17) is 0 Å². The Morgan fingerprint density at radius 2 is 1.47 bits per heavy atom. The highest BCUT2D eigenvalue weighted by Crippen LogP contribution is 2.14. The molecule has 6 nitrogen and oxygen atoms in total.